The fourth-order valence-electron chi connectivity index (χ4n) is 11.2. The maximum Gasteiger partial charge on any atom is 0.311 e. The molecule has 0 aliphatic carbocycles. The zero-order chi connectivity index (χ0) is 52.6. The lowest BCUT2D eigenvalue weighted by atomic mass is 9.73. The lowest BCUT2D eigenvalue weighted by molar-refractivity contribution is -0.319. The standard InChI is InChI=1S/C53H89BrN4O13/c1-15-41-53(10,63)46(60)34(4)43(55-66-27-17-16-22-58-25-23-56(11)24-26-58)32(2)29-52(9,65-14)48(71-50-44(59)40(28-33(3)67-50)57(12)31-38-18-20-39(54)21-19-38)35(5)45(36(6)49(62)69-41)70-42-30-51(8,64-13)47(61)37(7)68-42/h16-21,32-37,40-42,44-48,50,59-61,63H,15,22-31H2,1-14H3/b17-16+,55-43+/t32-,33-,34+,35+,36-,37+,40+,41-,42+,44-,45+,46-,47+,48-,50+,51-,52+,53-/m1/s1. The predicted molar refractivity (Wildman–Crippen MR) is 274 cm³/mol. The van der Waals surface area contributed by atoms with Crippen LogP contribution in [0.1, 0.15) is 100 Å². The van der Waals surface area contributed by atoms with Gasteiger partial charge in [0.25, 0.3) is 0 Å². The van der Waals surface area contributed by atoms with Gasteiger partial charge in [-0.15, -0.1) is 0 Å². The number of piperazine rings is 1. The Morgan fingerprint density at radius 3 is 2.15 bits per heavy atom. The number of hydrogen-bond donors (Lipinski definition) is 4. The molecule has 71 heavy (non-hydrogen) atoms. The maximum atomic E-state index is 14.7. The quantitative estimate of drug-likeness (QED) is 0.0757. The highest BCUT2D eigenvalue weighted by Gasteiger charge is 2.54. The second-order valence-electron chi connectivity index (χ2n) is 21.7. The number of rotatable bonds is 15. The minimum absolute atomic E-state index is 0.125. The molecule has 4 saturated heterocycles. The number of oxime groups is 1. The highest BCUT2D eigenvalue weighted by molar-refractivity contribution is 9.10. The van der Waals surface area contributed by atoms with Gasteiger partial charge in [0.05, 0.1) is 53.4 Å². The first-order valence-electron chi connectivity index (χ1n) is 25.8. The molecule has 4 N–H and O–H groups in total. The summed E-state index contributed by atoms with van der Waals surface area (Å²) in [6, 6.07) is 7.71. The second kappa shape index (κ2) is 26.1. The normalized spacial score (nSPS) is 41.5. The van der Waals surface area contributed by atoms with Gasteiger partial charge in [0.2, 0.25) is 0 Å². The topological polar surface area (TPSA) is 194 Å². The Balaban J connectivity index is 1.58. The smallest absolute Gasteiger partial charge is 0.311 e. The fourth-order valence-corrected chi connectivity index (χ4v) is 11.4. The van der Waals surface area contributed by atoms with Crippen molar-refractivity contribution in [1.29, 1.82) is 0 Å². The van der Waals surface area contributed by atoms with Crippen molar-refractivity contribution in [3.8, 4) is 0 Å². The molecule has 1 aromatic rings. The van der Waals surface area contributed by atoms with Gasteiger partial charge in [-0.05, 0) is 98.7 Å². The average Bonchev–Trinajstić information content (AvgIpc) is 3.33. The van der Waals surface area contributed by atoms with Crippen LogP contribution in [0.3, 0.4) is 0 Å². The molecule has 0 spiro atoms. The predicted octanol–water partition coefficient (Wildman–Crippen LogP) is 5.38. The summed E-state index contributed by atoms with van der Waals surface area (Å²) >= 11 is 3.53. The number of benzene rings is 1. The van der Waals surface area contributed by atoms with Crippen LogP contribution in [0.2, 0.25) is 0 Å². The number of nitrogens with zero attached hydrogens (tertiary/aromatic N) is 4. The lowest BCUT2D eigenvalue weighted by Gasteiger charge is -2.50. The Labute approximate surface area is 432 Å². The molecule has 0 saturated carbocycles. The Kier molecular flexibility index (Phi) is 21.9. The van der Waals surface area contributed by atoms with E-state index in [0.29, 0.717) is 18.7 Å². The van der Waals surface area contributed by atoms with Gasteiger partial charge in [-0.1, -0.05) is 67.0 Å². The van der Waals surface area contributed by atoms with Crippen molar-refractivity contribution in [3.63, 3.8) is 0 Å². The third-order valence-electron chi connectivity index (χ3n) is 16.0. The highest BCUT2D eigenvalue weighted by atomic mass is 79.9. The molecule has 18 atom stereocenters. The molecule has 17 nitrogen and oxygen atoms in total. The van der Waals surface area contributed by atoms with Crippen molar-refractivity contribution < 1.29 is 63.2 Å². The molecule has 0 unspecified atom stereocenters. The van der Waals surface area contributed by atoms with Crippen molar-refractivity contribution in [1.82, 2.24) is 14.7 Å². The number of halogens is 1. The molecule has 4 aliphatic rings. The van der Waals surface area contributed by atoms with Gasteiger partial charge in [0.1, 0.15) is 30.5 Å². The summed E-state index contributed by atoms with van der Waals surface area (Å²) < 4.78 is 46.6. The van der Waals surface area contributed by atoms with Crippen LogP contribution in [0.25, 0.3) is 0 Å². The largest absolute Gasteiger partial charge is 0.459 e. The third kappa shape index (κ3) is 14.8. The maximum absolute atomic E-state index is 14.7. The summed E-state index contributed by atoms with van der Waals surface area (Å²) in [7, 11) is 7.22. The number of aliphatic hydroxyl groups is 4. The van der Waals surface area contributed by atoms with Gasteiger partial charge < -0.3 is 63.3 Å². The van der Waals surface area contributed by atoms with Crippen LogP contribution in [-0.4, -0.2) is 199 Å². The monoisotopic (exact) mass is 1070 g/mol. The van der Waals surface area contributed by atoms with E-state index in [1.165, 1.54) is 14.0 Å². The van der Waals surface area contributed by atoms with Crippen molar-refractivity contribution in [2.24, 2.45) is 28.8 Å². The molecule has 0 bridgehead atoms. The Bertz CT molecular complexity index is 1870. The SMILES string of the molecule is CC[C@H]1OC(=O)[C@H](C)[C@@H](O[C@H]2C[C@@](C)(OC)[C@@H](O)[C@H](C)O2)[C@H](C)[C@@H](O[C@@H]2O[C@H](C)C[C@H](N(C)Cc3ccc(Br)cc3)[C@H]2O)[C@@](C)(OC)C[C@@H](C)/C(=N\OC/C=C/CN2CCN(C)CC2)[C@H](C)[C@@H](O)[C@]1(C)O. The van der Waals surface area contributed by atoms with Crippen LogP contribution in [0.5, 0.6) is 0 Å². The van der Waals surface area contributed by atoms with Crippen LogP contribution >= 0.6 is 15.9 Å². The molecule has 4 fully saturated rings. The van der Waals surface area contributed by atoms with Crippen LogP contribution in [0.4, 0.5) is 0 Å². The fraction of sp³-hybridized carbons (Fsp3) is 0.811. The number of esters is 1. The number of aliphatic hydroxyl groups excluding tert-OH is 3. The minimum atomic E-state index is -1.93. The zero-order valence-corrected chi connectivity index (χ0v) is 46.6. The Hall–Kier alpha value is -2.14. The highest BCUT2D eigenvalue weighted by Crippen LogP contribution is 2.42. The van der Waals surface area contributed by atoms with E-state index >= 15 is 0 Å². The van der Waals surface area contributed by atoms with E-state index in [-0.39, 0.29) is 38.0 Å². The molecule has 1 aromatic carbocycles. The first-order chi connectivity index (χ1) is 33.4. The molecule has 4 aliphatic heterocycles. The number of carbonyl (C=O) groups is 1. The van der Waals surface area contributed by atoms with Crippen molar-refractivity contribution in [2.75, 3.05) is 67.6 Å². The van der Waals surface area contributed by atoms with Crippen LogP contribution in [-0.2, 0) is 49.3 Å². The van der Waals surface area contributed by atoms with Crippen molar-refractivity contribution >= 4 is 27.6 Å². The van der Waals surface area contributed by atoms with Gasteiger partial charge in [-0.2, -0.15) is 0 Å². The first-order valence-corrected chi connectivity index (χ1v) is 26.6. The number of methoxy groups -OCH3 is 2. The summed E-state index contributed by atoms with van der Waals surface area (Å²) in [6.45, 7) is 23.5. The number of hydrogen-bond acceptors (Lipinski definition) is 17. The summed E-state index contributed by atoms with van der Waals surface area (Å²) in [5.74, 6) is -3.70. The van der Waals surface area contributed by atoms with Crippen LogP contribution in [0, 0.1) is 23.7 Å². The average molecular weight is 1070 g/mol. The molecular formula is C53H89BrN4O13. The van der Waals surface area contributed by atoms with Gasteiger partial charge >= 0.3 is 5.97 Å². The Morgan fingerprint density at radius 2 is 1.54 bits per heavy atom. The van der Waals surface area contributed by atoms with Gasteiger partial charge in [-0.25, -0.2) is 0 Å². The molecule has 4 heterocycles. The molecule has 0 radical (unpaired) electrons. The summed E-state index contributed by atoms with van der Waals surface area (Å²) in [5.41, 5.74) is -2.69. The second-order valence-corrected chi connectivity index (χ2v) is 22.6. The van der Waals surface area contributed by atoms with Gasteiger partial charge in [0, 0.05) is 88.2 Å². The number of carbonyl (C=O) groups excluding carboxylic acids is 1. The van der Waals surface area contributed by atoms with E-state index in [2.05, 4.69) is 43.8 Å². The van der Waals surface area contributed by atoms with E-state index < -0.39 is 102 Å². The first kappa shape index (κ1) is 59.7. The molecule has 0 amide bonds. The van der Waals surface area contributed by atoms with E-state index in [0.717, 1.165) is 42.8 Å². The lowest BCUT2D eigenvalue weighted by Crippen LogP contribution is -2.61. The molecular weight excluding hydrogens is 981 g/mol. The third-order valence-corrected chi connectivity index (χ3v) is 16.5. The van der Waals surface area contributed by atoms with E-state index in [1.807, 2.05) is 65.1 Å². The molecule has 18 heteroatoms. The summed E-state index contributed by atoms with van der Waals surface area (Å²) in [6.07, 6.45) is -4.72. The summed E-state index contributed by atoms with van der Waals surface area (Å²) in [4.78, 5) is 27.5. The molecule has 0 aromatic heterocycles. The van der Waals surface area contributed by atoms with Crippen molar-refractivity contribution in [2.45, 2.75) is 186 Å². The minimum Gasteiger partial charge on any atom is -0.459 e. The van der Waals surface area contributed by atoms with E-state index in [4.69, 9.17) is 43.2 Å². The number of cyclic esters (lactones) is 1. The van der Waals surface area contributed by atoms with Crippen LogP contribution in [0.15, 0.2) is 46.0 Å². The number of likely N-dealkylation sites (N-methyl/N-ethyl adjacent to an activating group) is 2. The Morgan fingerprint density at radius 1 is 0.887 bits per heavy atom. The van der Waals surface area contributed by atoms with E-state index in [9.17, 15) is 25.2 Å². The van der Waals surface area contributed by atoms with Crippen molar-refractivity contribution in [3.05, 3.63) is 46.5 Å². The van der Waals surface area contributed by atoms with E-state index in [1.54, 1.807) is 41.7 Å². The molecule has 406 valence electrons. The molecule has 5 rings (SSSR count). The zero-order valence-electron chi connectivity index (χ0n) is 45.0. The van der Waals surface area contributed by atoms with Gasteiger partial charge in [-0.3, -0.25) is 14.6 Å². The van der Waals surface area contributed by atoms with Crippen LogP contribution < -0.4 is 0 Å². The number of ether oxygens (including phenoxy) is 7. The van der Waals surface area contributed by atoms with Gasteiger partial charge in [0.15, 0.2) is 12.6 Å². The summed E-state index contributed by atoms with van der Waals surface area (Å²) in [5, 5.41) is 52.6.